The molecule has 2 aromatic carbocycles. The van der Waals surface area contributed by atoms with Gasteiger partial charge in [-0.3, -0.25) is 14.2 Å². The molecule has 29 heavy (non-hydrogen) atoms. The van der Waals surface area contributed by atoms with Crippen LogP contribution in [0, 0.1) is 6.92 Å². The normalized spacial score (nSPS) is 15.9. The molecule has 150 valence electrons. The van der Waals surface area contributed by atoms with E-state index < -0.39 is 5.54 Å². The van der Waals surface area contributed by atoms with Crippen LogP contribution < -0.4 is 10.9 Å². The number of nitrogens with one attached hydrogen (secondary N) is 1. The Balaban J connectivity index is 1.64. The number of aromatic nitrogens is 2. The van der Waals surface area contributed by atoms with Gasteiger partial charge in [0.2, 0.25) is 5.91 Å². The van der Waals surface area contributed by atoms with Crippen molar-refractivity contribution in [2.45, 2.75) is 31.8 Å². The van der Waals surface area contributed by atoms with Gasteiger partial charge in [0.15, 0.2) is 0 Å². The van der Waals surface area contributed by atoms with Crippen molar-refractivity contribution in [2.75, 3.05) is 13.2 Å². The summed E-state index contributed by atoms with van der Waals surface area (Å²) in [5, 5.41) is 3.71. The summed E-state index contributed by atoms with van der Waals surface area (Å²) in [5.41, 5.74) is 0.957. The molecule has 1 fully saturated rings. The molecule has 1 N–H and O–H groups in total. The summed E-state index contributed by atoms with van der Waals surface area (Å²) in [6, 6.07) is 15.2. The summed E-state index contributed by atoms with van der Waals surface area (Å²) < 4.78 is 7.93. The number of carbonyl (C=O) groups excluding carboxylic acids is 1. The minimum atomic E-state index is -0.513. The Kier molecular flexibility index (Phi) is 5.52. The number of carbonyl (C=O) groups is 1. The van der Waals surface area contributed by atoms with Crippen LogP contribution in [0.25, 0.3) is 10.9 Å². The van der Waals surface area contributed by atoms with Gasteiger partial charge in [0, 0.05) is 17.7 Å². The molecule has 1 saturated heterocycles. The average molecular weight is 456 g/mol. The van der Waals surface area contributed by atoms with E-state index in [1.165, 1.54) is 4.57 Å². The van der Waals surface area contributed by atoms with Crippen LogP contribution in [0.4, 0.5) is 0 Å². The van der Waals surface area contributed by atoms with E-state index in [9.17, 15) is 9.59 Å². The van der Waals surface area contributed by atoms with Crippen LogP contribution >= 0.6 is 15.9 Å². The van der Waals surface area contributed by atoms with Gasteiger partial charge in [-0.05, 0) is 49.6 Å². The van der Waals surface area contributed by atoms with E-state index in [2.05, 4.69) is 26.2 Å². The summed E-state index contributed by atoms with van der Waals surface area (Å²) >= 11 is 3.52. The summed E-state index contributed by atoms with van der Waals surface area (Å²) in [6.45, 7) is 2.82. The predicted octanol–water partition coefficient (Wildman–Crippen LogP) is 3.29. The smallest absolute Gasteiger partial charge is 0.261 e. The molecule has 0 bridgehead atoms. The number of halogens is 1. The summed E-state index contributed by atoms with van der Waals surface area (Å²) in [6.07, 6.45) is 1.36. The molecule has 2 heterocycles. The number of para-hydroxylation sites is 1. The van der Waals surface area contributed by atoms with Gasteiger partial charge in [-0.25, -0.2) is 4.98 Å². The van der Waals surface area contributed by atoms with Crippen LogP contribution in [0.1, 0.15) is 24.2 Å². The van der Waals surface area contributed by atoms with Crippen LogP contribution in [0.3, 0.4) is 0 Å². The number of aryl methyl sites for hydroxylation is 1. The van der Waals surface area contributed by atoms with Crippen molar-refractivity contribution in [3.05, 3.63) is 74.7 Å². The van der Waals surface area contributed by atoms with Gasteiger partial charge in [0.25, 0.3) is 5.56 Å². The van der Waals surface area contributed by atoms with Crippen LogP contribution in [0.2, 0.25) is 0 Å². The number of ether oxygens (including phenoxy) is 1. The van der Waals surface area contributed by atoms with Crippen LogP contribution in [0.15, 0.2) is 57.8 Å². The standard InChI is InChI=1S/C22H22BrN3O3/c1-15-24-19-8-3-2-7-18(19)21(28)26(15)14-20(27)25-22(9-11-29-12-10-22)16-5-4-6-17(23)13-16/h2-8,13H,9-12,14H2,1H3,(H,25,27). The van der Waals surface area contributed by atoms with Gasteiger partial charge in [-0.2, -0.15) is 0 Å². The minimum absolute atomic E-state index is 0.0703. The van der Waals surface area contributed by atoms with Gasteiger partial charge in [-0.1, -0.05) is 40.2 Å². The lowest BCUT2D eigenvalue weighted by atomic mass is 9.82. The highest BCUT2D eigenvalue weighted by atomic mass is 79.9. The zero-order chi connectivity index (χ0) is 20.4. The predicted molar refractivity (Wildman–Crippen MR) is 115 cm³/mol. The number of amides is 1. The first-order valence-electron chi connectivity index (χ1n) is 9.59. The third-order valence-electron chi connectivity index (χ3n) is 5.46. The van der Waals surface area contributed by atoms with E-state index in [4.69, 9.17) is 4.74 Å². The van der Waals surface area contributed by atoms with Crippen molar-refractivity contribution in [3.63, 3.8) is 0 Å². The highest BCUT2D eigenvalue weighted by Gasteiger charge is 2.36. The quantitative estimate of drug-likeness (QED) is 0.654. The fourth-order valence-electron chi connectivity index (χ4n) is 3.91. The molecule has 7 heteroatoms. The summed E-state index contributed by atoms with van der Waals surface area (Å²) in [5.74, 6) is 0.307. The van der Waals surface area contributed by atoms with Crippen LogP contribution in [-0.4, -0.2) is 28.7 Å². The Morgan fingerprint density at radius 1 is 1.21 bits per heavy atom. The first-order valence-corrected chi connectivity index (χ1v) is 10.4. The highest BCUT2D eigenvalue weighted by molar-refractivity contribution is 9.10. The molecule has 0 radical (unpaired) electrons. The van der Waals surface area contributed by atoms with Gasteiger partial charge in [0.1, 0.15) is 12.4 Å². The van der Waals surface area contributed by atoms with Crippen molar-refractivity contribution in [1.82, 2.24) is 14.9 Å². The van der Waals surface area contributed by atoms with E-state index in [0.717, 1.165) is 10.0 Å². The Hall–Kier alpha value is -2.51. The van der Waals surface area contributed by atoms with Crippen molar-refractivity contribution < 1.29 is 9.53 Å². The van der Waals surface area contributed by atoms with Gasteiger partial charge in [0.05, 0.1) is 16.4 Å². The number of hydrogen-bond donors (Lipinski definition) is 1. The Bertz CT molecular complexity index is 1120. The summed E-state index contributed by atoms with van der Waals surface area (Å²) in [7, 11) is 0. The number of nitrogens with zero attached hydrogens (tertiary/aromatic N) is 2. The second-order valence-electron chi connectivity index (χ2n) is 7.32. The fraction of sp³-hybridized carbons (Fsp3) is 0.318. The maximum absolute atomic E-state index is 13.0. The van der Waals surface area contributed by atoms with E-state index in [-0.39, 0.29) is 18.0 Å². The van der Waals surface area contributed by atoms with Gasteiger partial charge in [-0.15, -0.1) is 0 Å². The lowest BCUT2D eigenvalue weighted by Crippen LogP contribution is -2.51. The largest absolute Gasteiger partial charge is 0.381 e. The SMILES string of the molecule is Cc1nc2ccccc2c(=O)n1CC(=O)NC1(c2cccc(Br)c2)CCOCC1. The first-order chi connectivity index (χ1) is 14.0. The number of fused-ring (bicyclic) bond motifs is 1. The molecule has 0 unspecified atom stereocenters. The average Bonchev–Trinajstić information content (AvgIpc) is 2.72. The van der Waals surface area contributed by atoms with Crippen molar-refractivity contribution in [1.29, 1.82) is 0 Å². The van der Waals surface area contributed by atoms with E-state index in [1.54, 1.807) is 25.1 Å². The molecule has 0 atom stereocenters. The lowest BCUT2D eigenvalue weighted by molar-refractivity contribution is -0.125. The maximum Gasteiger partial charge on any atom is 0.261 e. The van der Waals surface area contributed by atoms with Crippen molar-refractivity contribution >= 4 is 32.7 Å². The van der Waals surface area contributed by atoms with E-state index in [1.807, 2.05) is 30.3 Å². The number of hydrogen-bond acceptors (Lipinski definition) is 4. The molecule has 6 nitrogen and oxygen atoms in total. The fourth-order valence-corrected chi connectivity index (χ4v) is 4.31. The number of rotatable bonds is 4. The molecule has 1 aliphatic rings. The Morgan fingerprint density at radius 3 is 2.72 bits per heavy atom. The molecule has 0 aliphatic carbocycles. The van der Waals surface area contributed by atoms with Gasteiger partial charge >= 0.3 is 0 Å². The van der Waals surface area contributed by atoms with Gasteiger partial charge < -0.3 is 10.1 Å². The zero-order valence-electron chi connectivity index (χ0n) is 16.2. The maximum atomic E-state index is 13.0. The van der Waals surface area contributed by atoms with Crippen LogP contribution in [0.5, 0.6) is 0 Å². The molecule has 1 aliphatic heterocycles. The molecular weight excluding hydrogens is 434 g/mol. The molecule has 0 spiro atoms. The Morgan fingerprint density at radius 2 is 1.97 bits per heavy atom. The zero-order valence-corrected chi connectivity index (χ0v) is 17.7. The third kappa shape index (κ3) is 3.97. The molecule has 3 aromatic rings. The van der Waals surface area contributed by atoms with Crippen molar-refractivity contribution in [2.24, 2.45) is 0 Å². The first kappa shape index (κ1) is 19.8. The van der Waals surface area contributed by atoms with E-state index in [0.29, 0.717) is 42.8 Å². The molecule has 1 amide bonds. The second kappa shape index (κ2) is 8.08. The monoisotopic (exact) mass is 455 g/mol. The topological polar surface area (TPSA) is 73.2 Å². The van der Waals surface area contributed by atoms with E-state index >= 15 is 0 Å². The molecule has 0 saturated carbocycles. The molecule has 1 aromatic heterocycles. The summed E-state index contributed by atoms with van der Waals surface area (Å²) in [4.78, 5) is 30.4. The second-order valence-corrected chi connectivity index (χ2v) is 8.24. The van der Waals surface area contributed by atoms with Crippen molar-refractivity contribution in [3.8, 4) is 0 Å². The molecule has 4 rings (SSSR count). The minimum Gasteiger partial charge on any atom is -0.381 e. The Labute approximate surface area is 177 Å². The molecular formula is C22H22BrN3O3. The highest BCUT2D eigenvalue weighted by Crippen LogP contribution is 2.33. The third-order valence-corrected chi connectivity index (χ3v) is 5.95. The number of benzene rings is 2. The lowest BCUT2D eigenvalue weighted by Gasteiger charge is -2.38. The van der Waals surface area contributed by atoms with Crippen LogP contribution in [-0.2, 0) is 21.6 Å².